The maximum Gasteiger partial charge on any atom is 0.217 e. The molecule has 1 rings (SSSR count). The van der Waals surface area contributed by atoms with Gasteiger partial charge in [0, 0.05) is 20.6 Å². The summed E-state index contributed by atoms with van der Waals surface area (Å²) in [5.41, 5.74) is 0.549. The van der Waals surface area contributed by atoms with Gasteiger partial charge in [0.15, 0.2) is 17.3 Å². The Morgan fingerprint density at radius 2 is 1.94 bits per heavy atom. The van der Waals surface area contributed by atoms with Gasteiger partial charge in [-0.3, -0.25) is 4.79 Å². The average Bonchev–Trinajstić information content (AvgIpc) is 2.31. The Morgan fingerprint density at radius 1 is 1.29 bits per heavy atom. The van der Waals surface area contributed by atoms with Crippen molar-refractivity contribution in [2.45, 2.75) is 12.7 Å². The lowest BCUT2D eigenvalue weighted by Gasteiger charge is -2.12. The summed E-state index contributed by atoms with van der Waals surface area (Å²) in [7, 11) is 4.14. The van der Waals surface area contributed by atoms with Crippen molar-refractivity contribution >= 4 is 5.78 Å². The van der Waals surface area contributed by atoms with Gasteiger partial charge in [0.2, 0.25) is 6.29 Å². The highest BCUT2D eigenvalue weighted by Crippen LogP contribution is 2.18. The number of halogens is 1. The molecule has 0 atom stereocenters. The minimum atomic E-state index is -0.917. The Bertz CT molecular complexity index is 388. The third-order valence-corrected chi connectivity index (χ3v) is 2.29. The lowest BCUT2D eigenvalue weighted by atomic mass is 10.1. The number of hydrogen-bond acceptors (Lipinski definition) is 4. The molecule has 0 fully saturated rings. The molecule has 94 valence electrons. The molecule has 0 saturated heterocycles. The zero-order chi connectivity index (χ0) is 12.8. The van der Waals surface area contributed by atoms with E-state index in [9.17, 15) is 9.18 Å². The Kier molecular flexibility index (Phi) is 5.06. The summed E-state index contributed by atoms with van der Waals surface area (Å²) in [6.07, 6.45) is -0.868. The van der Waals surface area contributed by atoms with E-state index >= 15 is 0 Å². The summed E-state index contributed by atoms with van der Waals surface area (Å²) in [6, 6.07) is 4.37. The van der Waals surface area contributed by atoms with Gasteiger partial charge in [-0.25, -0.2) is 4.39 Å². The van der Waals surface area contributed by atoms with Crippen molar-refractivity contribution < 1.29 is 23.4 Å². The molecule has 5 heteroatoms. The van der Waals surface area contributed by atoms with E-state index in [-0.39, 0.29) is 18.0 Å². The van der Waals surface area contributed by atoms with E-state index in [2.05, 4.69) is 0 Å². The molecule has 0 aliphatic heterocycles. The zero-order valence-corrected chi connectivity index (χ0v) is 10.0. The van der Waals surface area contributed by atoms with Gasteiger partial charge in [0.05, 0.1) is 7.11 Å². The third kappa shape index (κ3) is 3.51. The van der Waals surface area contributed by atoms with E-state index in [1.807, 2.05) is 0 Å². The number of ether oxygens (including phenoxy) is 3. The van der Waals surface area contributed by atoms with Crippen LogP contribution >= 0.6 is 0 Å². The van der Waals surface area contributed by atoms with Gasteiger partial charge in [-0.2, -0.15) is 0 Å². The SMILES string of the molecule is COc1ccc(CC(=O)C(OC)OC)cc1F. The van der Waals surface area contributed by atoms with Crippen LogP contribution in [0.25, 0.3) is 0 Å². The lowest BCUT2D eigenvalue weighted by Crippen LogP contribution is -2.26. The topological polar surface area (TPSA) is 44.8 Å². The molecule has 0 aromatic heterocycles. The van der Waals surface area contributed by atoms with Gasteiger partial charge in [0.25, 0.3) is 0 Å². The van der Waals surface area contributed by atoms with E-state index in [0.29, 0.717) is 5.56 Å². The standard InChI is InChI=1S/C12H15FO4/c1-15-11-5-4-8(6-9(11)13)7-10(14)12(16-2)17-3/h4-6,12H,7H2,1-3H3. The van der Waals surface area contributed by atoms with Crippen molar-refractivity contribution in [1.82, 2.24) is 0 Å². The normalized spacial score (nSPS) is 10.6. The minimum absolute atomic E-state index is 0.0489. The molecular formula is C12H15FO4. The van der Waals surface area contributed by atoms with E-state index in [4.69, 9.17) is 14.2 Å². The van der Waals surface area contributed by atoms with Gasteiger partial charge in [-0.15, -0.1) is 0 Å². The van der Waals surface area contributed by atoms with Gasteiger partial charge >= 0.3 is 0 Å². The van der Waals surface area contributed by atoms with Crippen LogP contribution in [0.3, 0.4) is 0 Å². The Balaban J connectivity index is 2.75. The van der Waals surface area contributed by atoms with Crippen LogP contribution in [0.2, 0.25) is 0 Å². The molecule has 17 heavy (non-hydrogen) atoms. The van der Waals surface area contributed by atoms with Crippen LogP contribution in [0.5, 0.6) is 5.75 Å². The zero-order valence-electron chi connectivity index (χ0n) is 10.0. The largest absolute Gasteiger partial charge is 0.494 e. The van der Waals surface area contributed by atoms with E-state index in [1.165, 1.54) is 33.5 Å². The number of carbonyl (C=O) groups excluding carboxylic acids is 1. The second kappa shape index (κ2) is 6.32. The van der Waals surface area contributed by atoms with Crippen molar-refractivity contribution in [2.24, 2.45) is 0 Å². The predicted molar refractivity (Wildman–Crippen MR) is 59.5 cm³/mol. The van der Waals surface area contributed by atoms with Crippen LogP contribution in [0.1, 0.15) is 5.56 Å². The maximum absolute atomic E-state index is 13.4. The second-order valence-corrected chi connectivity index (χ2v) is 3.42. The van der Waals surface area contributed by atoms with Crippen LogP contribution < -0.4 is 4.74 Å². The number of ketones is 1. The van der Waals surface area contributed by atoms with Crippen molar-refractivity contribution in [1.29, 1.82) is 0 Å². The van der Waals surface area contributed by atoms with E-state index in [0.717, 1.165) is 0 Å². The molecule has 0 heterocycles. The van der Waals surface area contributed by atoms with Gasteiger partial charge in [0.1, 0.15) is 0 Å². The monoisotopic (exact) mass is 242 g/mol. The summed E-state index contributed by atoms with van der Waals surface area (Å²) in [5, 5.41) is 0. The van der Waals surface area contributed by atoms with Gasteiger partial charge < -0.3 is 14.2 Å². The number of hydrogen-bond donors (Lipinski definition) is 0. The fourth-order valence-corrected chi connectivity index (χ4v) is 1.46. The van der Waals surface area contributed by atoms with Crippen LogP contribution in [0, 0.1) is 5.82 Å². The fourth-order valence-electron chi connectivity index (χ4n) is 1.46. The smallest absolute Gasteiger partial charge is 0.217 e. The maximum atomic E-state index is 13.4. The molecule has 0 amide bonds. The quantitative estimate of drug-likeness (QED) is 0.710. The lowest BCUT2D eigenvalue weighted by molar-refractivity contribution is -0.155. The first-order chi connectivity index (χ1) is 8.12. The van der Waals surface area contributed by atoms with Crippen molar-refractivity contribution in [3.63, 3.8) is 0 Å². The molecule has 1 aromatic rings. The molecular weight excluding hydrogens is 227 g/mol. The minimum Gasteiger partial charge on any atom is -0.494 e. The van der Waals surface area contributed by atoms with Crippen LogP contribution in [0.15, 0.2) is 18.2 Å². The molecule has 0 radical (unpaired) electrons. The van der Waals surface area contributed by atoms with Crippen LogP contribution in [0.4, 0.5) is 4.39 Å². The number of carbonyl (C=O) groups is 1. The molecule has 0 aliphatic carbocycles. The highest BCUT2D eigenvalue weighted by Gasteiger charge is 2.17. The van der Waals surface area contributed by atoms with Crippen molar-refractivity contribution in [2.75, 3.05) is 21.3 Å². The molecule has 0 saturated carbocycles. The molecule has 4 nitrogen and oxygen atoms in total. The van der Waals surface area contributed by atoms with Crippen molar-refractivity contribution in [3.05, 3.63) is 29.6 Å². The molecule has 0 N–H and O–H groups in total. The van der Waals surface area contributed by atoms with E-state index < -0.39 is 12.1 Å². The Hall–Kier alpha value is -1.46. The first-order valence-electron chi connectivity index (χ1n) is 5.03. The van der Waals surface area contributed by atoms with Crippen LogP contribution in [-0.2, 0) is 20.7 Å². The summed E-state index contributed by atoms with van der Waals surface area (Å²) in [6.45, 7) is 0. The Morgan fingerprint density at radius 3 is 2.41 bits per heavy atom. The number of Topliss-reactive ketones (excluding diaryl/α,β-unsaturated/α-hetero) is 1. The Labute approximate surface area is 99.3 Å². The highest BCUT2D eigenvalue weighted by molar-refractivity contribution is 5.84. The highest BCUT2D eigenvalue weighted by atomic mass is 19.1. The molecule has 0 bridgehead atoms. The number of methoxy groups -OCH3 is 3. The third-order valence-electron chi connectivity index (χ3n) is 2.29. The van der Waals surface area contributed by atoms with Gasteiger partial charge in [-0.1, -0.05) is 6.07 Å². The van der Waals surface area contributed by atoms with Crippen LogP contribution in [-0.4, -0.2) is 33.4 Å². The first kappa shape index (κ1) is 13.6. The summed E-state index contributed by atoms with van der Waals surface area (Å²) in [5.74, 6) is -0.611. The molecule has 0 aliphatic rings. The first-order valence-corrected chi connectivity index (χ1v) is 5.03. The average molecular weight is 242 g/mol. The molecule has 0 spiro atoms. The van der Waals surface area contributed by atoms with E-state index in [1.54, 1.807) is 6.07 Å². The van der Waals surface area contributed by atoms with Crippen molar-refractivity contribution in [3.8, 4) is 5.75 Å². The van der Waals surface area contributed by atoms with Gasteiger partial charge in [-0.05, 0) is 17.7 Å². The summed E-state index contributed by atoms with van der Waals surface area (Å²) in [4.78, 5) is 11.6. The number of benzene rings is 1. The summed E-state index contributed by atoms with van der Waals surface area (Å²) >= 11 is 0. The summed E-state index contributed by atoms with van der Waals surface area (Å²) < 4.78 is 27.8. The number of rotatable bonds is 6. The predicted octanol–water partition coefficient (Wildman–Crippen LogP) is 1.56. The molecule has 1 aromatic carbocycles. The fraction of sp³-hybridized carbons (Fsp3) is 0.417. The second-order valence-electron chi connectivity index (χ2n) is 3.42. The molecule has 0 unspecified atom stereocenters.